The van der Waals surface area contributed by atoms with Crippen molar-refractivity contribution >= 4 is 23.6 Å². The topological polar surface area (TPSA) is 55.8 Å². The Labute approximate surface area is 154 Å². The van der Waals surface area contributed by atoms with E-state index in [9.17, 15) is 18.0 Å². The number of hydrogen-bond donors (Lipinski definition) is 1. The van der Waals surface area contributed by atoms with Crippen LogP contribution in [0.15, 0.2) is 11.6 Å². The van der Waals surface area contributed by atoms with Crippen molar-refractivity contribution in [3.05, 3.63) is 27.8 Å². The highest BCUT2D eigenvalue weighted by Gasteiger charge is 2.48. The third-order valence-corrected chi connectivity index (χ3v) is 4.71. The van der Waals surface area contributed by atoms with Crippen molar-refractivity contribution in [3.8, 4) is 11.5 Å². The van der Waals surface area contributed by atoms with Crippen LogP contribution in [-0.4, -0.2) is 30.0 Å². The van der Waals surface area contributed by atoms with Crippen LogP contribution >= 0.6 is 11.6 Å². The summed E-state index contributed by atoms with van der Waals surface area (Å²) in [5.41, 5.74) is -0.389. The molecule has 0 radical (unpaired) electrons. The number of carbonyl (C=O) groups is 1. The maximum Gasteiger partial charge on any atom is 0.430 e. The van der Waals surface area contributed by atoms with Crippen LogP contribution in [0, 0.1) is 12.8 Å². The SMILES string of the molecule is CCC(CC)COc1c(Cl)cc2c(c1C)OC(C(F)(F)F)C(C(=O)O)=C2. The van der Waals surface area contributed by atoms with Crippen molar-refractivity contribution in [2.75, 3.05) is 6.61 Å². The summed E-state index contributed by atoms with van der Waals surface area (Å²) in [7, 11) is 0. The van der Waals surface area contributed by atoms with Gasteiger partial charge in [-0.05, 0) is 25.0 Å². The fourth-order valence-electron chi connectivity index (χ4n) is 2.77. The van der Waals surface area contributed by atoms with Crippen molar-refractivity contribution in [2.45, 2.75) is 45.9 Å². The van der Waals surface area contributed by atoms with Crippen molar-refractivity contribution in [2.24, 2.45) is 5.92 Å². The zero-order valence-electron chi connectivity index (χ0n) is 14.6. The molecule has 2 rings (SSSR count). The molecule has 1 aromatic carbocycles. The summed E-state index contributed by atoms with van der Waals surface area (Å²) in [6.07, 6.45) is -4.66. The van der Waals surface area contributed by atoms with E-state index in [0.717, 1.165) is 18.9 Å². The third kappa shape index (κ3) is 4.09. The molecule has 0 aromatic heterocycles. The van der Waals surface area contributed by atoms with Gasteiger partial charge >= 0.3 is 12.1 Å². The van der Waals surface area contributed by atoms with E-state index in [1.165, 1.54) is 6.07 Å². The van der Waals surface area contributed by atoms with Crippen LogP contribution < -0.4 is 9.47 Å². The molecule has 1 aromatic rings. The van der Waals surface area contributed by atoms with E-state index in [4.69, 9.17) is 26.2 Å². The number of aliphatic carboxylic acids is 1. The minimum atomic E-state index is -4.86. The molecule has 0 fully saturated rings. The smallest absolute Gasteiger partial charge is 0.430 e. The number of halogens is 4. The standard InChI is InChI=1S/C18H20ClF3O4/c1-4-10(5-2)8-25-15-9(3)14-11(7-13(15)19)6-12(17(23)24)16(26-14)18(20,21)22/h6-7,10,16H,4-5,8H2,1-3H3,(H,23,24). The zero-order chi connectivity index (χ0) is 19.6. The highest BCUT2D eigenvalue weighted by atomic mass is 35.5. The minimum absolute atomic E-state index is 0.0683. The lowest BCUT2D eigenvalue weighted by atomic mass is 9.98. The van der Waals surface area contributed by atoms with Crippen LogP contribution in [0.2, 0.25) is 5.02 Å². The molecule has 0 saturated carbocycles. The predicted octanol–water partition coefficient (Wildman–Crippen LogP) is 5.25. The van der Waals surface area contributed by atoms with Crippen molar-refractivity contribution in [1.82, 2.24) is 0 Å². The number of hydrogen-bond acceptors (Lipinski definition) is 3. The van der Waals surface area contributed by atoms with Gasteiger partial charge in [0.25, 0.3) is 0 Å². The van der Waals surface area contributed by atoms with Crippen LogP contribution in [-0.2, 0) is 4.79 Å². The maximum absolute atomic E-state index is 13.2. The molecule has 4 nitrogen and oxygen atoms in total. The Balaban J connectivity index is 2.46. The van der Waals surface area contributed by atoms with Gasteiger partial charge in [0, 0.05) is 11.1 Å². The Bertz CT molecular complexity index is 724. The maximum atomic E-state index is 13.2. The van der Waals surface area contributed by atoms with E-state index in [-0.39, 0.29) is 22.1 Å². The normalized spacial score (nSPS) is 16.8. The Hall–Kier alpha value is -1.89. The first-order chi connectivity index (χ1) is 12.1. The lowest BCUT2D eigenvalue weighted by Crippen LogP contribution is -2.40. The van der Waals surface area contributed by atoms with E-state index in [1.54, 1.807) is 6.92 Å². The van der Waals surface area contributed by atoms with E-state index in [0.29, 0.717) is 18.1 Å². The first-order valence-electron chi connectivity index (χ1n) is 8.24. The summed E-state index contributed by atoms with van der Waals surface area (Å²) in [6.45, 7) is 5.97. The molecule has 0 aliphatic carbocycles. The molecule has 1 N–H and O–H groups in total. The van der Waals surface area contributed by atoms with Crippen molar-refractivity contribution < 1.29 is 32.5 Å². The molecule has 1 aliphatic heterocycles. The van der Waals surface area contributed by atoms with Gasteiger partial charge in [-0.15, -0.1) is 0 Å². The van der Waals surface area contributed by atoms with Gasteiger partial charge in [-0.1, -0.05) is 38.3 Å². The Morgan fingerprint density at radius 3 is 2.50 bits per heavy atom. The van der Waals surface area contributed by atoms with Crippen LogP contribution in [0.1, 0.15) is 37.8 Å². The molecular weight excluding hydrogens is 373 g/mol. The highest BCUT2D eigenvalue weighted by Crippen LogP contribution is 2.44. The second-order valence-corrected chi connectivity index (χ2v) is 6.58. The first-order valence-corrected chi connectivity index (χ1v) is 8.62. The summed E-state index contributed by atoms with van der Waals surface area (Å²) < 4.78 is 50.4. The lowest BCUT2D eigenvalue weighted by Gasteiger charge is -2.29. The minimum Gasteiger partial charge on any atom is -0.491 e. The number of fused-ring (bicyclic) bond motifs is 1. The molecule has 1 aliphatic rings. The van der Waals surface area contributed by atoms with Gasteiger partial charge in [0.2, 0.25) is 6.10 Å². The van der Waals surface area contributed by atoms with Gasteiger partial charge in [0.1, 0.15) is 11.5 Å². The van der Waals surface area contributed by atoms with Crippen LogP contribution in [0.25, 0.3) is 6.08 Å². The van der Waals surface area contributed by atoms with E-state index < -0.39 is 23.8 Å². The average molecular weight is 393 g/mol. The Morgan fingerprint density at radius 2 is 2.00 bits per heavy atom. The largest absolute Gasteiger partial charge is 0.491 e. The fourth-order valence-corrected chi connectivity index (χ4v) is 3.09. The van der Waals surface area contributed by atoms with E-state index in [2.05, 4.69) is 0 Å². The van der Waals surface area contributed by atoms with E-state index in [1.807, 2.05) is 13.8 Å². The van der Waals surface area contributed by atoms with Gasteiger partial charge in [-0.25, -0.2) is 4.79 Å². The van der Waals surface area contributed by atoms with Crippen LogP contribution in [0.3, 0.4) is 0 Å². The Morgan fingerprint density at radius 1 is 1.38 bits per heavy atom. The van der Waals surface area contributed by atoms with Crippen molar-refractivity contribution in [1.29, 1.82) is 0 Å². The number of ether oxygens (including phenoxy) is 2. The van der Waals surface area contributed by atoms with Gasteiger partial charge in [-0.3, -0.25) is 0 Å². The zero-order valence-corrected chi connectivity index (χ0v) is 15.4. The molecule has 1 heterocycles. The van der Waals surface area contributed by atoms with Gasteiger partial charge in [-0.2, -0.15) is 13.2 Å². The molecule has 144 valence electrons. The summed E-state index contributed by atoms with van der Waals surface area (Å²) in [6, 6.07) is 1.36. The van der Waals surface area contributed by atoms with Gasteiger partial charge in [0.15, 0.2) is 0 Å². The number of benzene rings is 1. The van der Waals surface area contributed by atoms with Gasteiger partial charge < -0.3 is 14.6 Å². The molecule has 0 amide bonds. The summed E-state index contributed by atoms with van der Waals surface area (Å²) in [5, 5.41) is 9.28. The van der Waals surface area contributed by atoms with Crippen molar-refractivity contribution in [3.63, 3.8) is 0 Å². The first kappa shape index (κ1) is 20.4. The third-order valence-electron chi connectivity index (χ3n) is 4.43. The second kappa shape index (κ2) is 7.78. The molecule has 0 spiro atoms. The Kier molecular flexibility index (Phi) is 6.11. The number of rotatable bonds is 6. The monoisotopic (exact) mass is 392 g/mol. The van der Waals surface area contributed by atoms with Crippen LogP contribution in [0.4, 0.5) is 13.2 Å². The fraction of sp³-hybridized carbons (Fsp3) is 0.500. The summed E-state index contributed by atoms with van der Waals surface area (Å²) in [5.74, 6) is -1.21. The number of carboxylic acids is 1. The molecule has 26 heavy (non-hydrogen) atoms. The molecule has 1 unspecified atom stereocenters. The molecule has 8 heteroatoms. The molecule has 1 atom stereocenters. The highest BCUT2D eigenvalue weighted by molar-refractivity contribution is 6.32. The summed E-state index contributed by atoms with van der Waals surface area (Å²) in [4.78, 5) is 11.2. The number of carboxylic acid groups (broad SMARTS) is 1. The average Bonchev–Trinajstić information content (AvgIpc) is 2.56. The molecule has 0 bridgehead atoms. The molecule has 0 saturated heterocycles. The second-order valence-electron chi connectivity index (χ2n) is 6.17. The number of alkyl halides is 3. The van der Waals surface area contributed by atoms with Crippen LogP contribution in [0.5, 0.6) is 11.5 Å². The van der Waals surface area contributed by atoms with Gasteiger partial charge in [0.05, 0.1) is 17.2 Å². The molecular formula is C18H20ClF3O4. The quantitative estimate of drug-likeness (QED) is 0.718. The predicted molar refractivity (Wildman–Crippen MR) is 91.8 cm³/mol. The summed E-state index contributed by atoms with van der Waals surface area (Å²) >= 11 is 6.21. The van der Waals surface area contributed by atoms with E-state index >= 15 is 0 Å². The lowest BCUT2D eigenvalue weighted by molar-refractivity contribution is -0.187.